The highest BCUT2D eigenvalue weighted by atomic mass is 16.6. The summed E-state index contributed by atoms with van der Waals surface area (Å²) < 4.78 is 10.6. The van der Waals surface area contributed by atoms with Crippen molar-refractivity contribution in [3.63, 3.8) is 0 Å². The summed E-state index contributed by atoms with van der Waals surface area (Å²) in [4.78, 5) is 25.7. The number of amides is 1. The minimum absolute atomic E-state index is 0.403. The van der Waals surface area contributed by atoms with E-state index < -0.39 is 35.3 Å². The van der Waals surface area contributed by atoms with Crippen LogP contribution in [0.1, 0.15) is 48.0 Å². The Labute approximate surface area is 120 Å². The Morgan fingerprint density at radius 1 is 1.05 bits per heavy atom. The average Bonchev–Trinajstić information content (AvgIpc) is 2.54. The molecule has 20 heavy (non-hydrogen) atoms. The van der Waals surface area contributed by atoms with Crippen LogP contribution in [0.15, 0.2) is 0 Å². The average molecular weight is 286 g/mol. The number of carbonyl (C=O) groups is 2. The molecule has 0 spiro atoms. The predicted molar refractivity (Wildman–Crippen MR) is 75.2 cm³/mol. The molecule has 6 heteroatoms. The van der Waals surface area contributed by atoms with Crippen LogP contribution < -0.4 is 5.73 Å². The quantitative estimate of drug-likeness (QED) is 0.741. The van der Waals surface area contributed by atoms with Gasteiger partial charge < -0.3 is 15.2 Å². The van der Waals surface area contributed by atoms with E-state index in [1.54, 1.807) is 41.5 Å². The maximum atomic E-state index is 12.2. The first kappa shape index (κ1) is 16.8. The zero-order valence-corrected chi connectivity index (χ0v) is 13.2. The minimum Gasteiger partial charge on any atom is -0.458 e. The largest absolute Gasteiger partial charge is 0.458 e. The van der Waals surface area contributed by atoms with E-state index in [4.69, 9.17) is 15.2 Å². The molecule has 1 saturated heterocycles. The maximum absolute atomic E-state index is 12.2. The second-order valence-corrected chi connectivity index (χ2v) is 7.10. The molecule has 0 aromatic heterocycles. The fraction of sp³-hybridized carbons (Fsp3) is 0.857. The van der Waals surface area contributed by atoms with E-state index in [-0.39, 0.29) is 0 Å². The SMILES string of the molecule is CC(C)(C)OC(=O)C1C(N)CCN1C(=O)OC(C)(C)C. The van der Waals surface area contributed by atoms with Crippen molar-refractivity contribution in [3.05, 3.63) is 0 Å². The van der Waals surface area contributed by atoms with E-state index in [1.165, 1.54) is 4.90 Å². The number of likely N-dealkylation sites (tertiary alicyclic amines) is 1. The lowest BCUT2D eigenvalue weighted by molar-refractivity contribution is -0.160. The monoisotopic (exact) mass is 286 g/mol. The van der Waals surface area contributed by atoms with Gasteiger partial charge in [0.15, 0.2) is 0 Å². The molecule has 0 aliphatic carbocycles. The van der Waals surface area contributed by atoms with E-state index in [0.717, 1.165) is 0 Å². The maximum Gasteiger partial charge on any atom is 0.411 e. The third-order valence-electron chi connectivity index (χ3n) is 2.72. The second-order valence-electron chi connectivity index (χ2n) is 7.10. The molecule has 1 aliphatic rings. The minimum atomic E-state index is -0.774. The molecule has 1 amide bonds. The van der Waals surface area contributed by atoms with Gasteiger partial charge >= 0.3 is 12.1 Å². The van der Waals surface area contributed by atoms with Crippen LogP contribution in [0.3, 0.4) is 0 Å². The van der Waals surface area contributed by atoms with E-state index in [9.17, 15) is 9.59 Å². The Hall–Kier alpha value is -1.30. The summed E-state index contributed by atoms with van der Waals surface area (Å²) >= 11 is 0. The lowest BCUT2D eigenvalue weighted by atomic mass is 10.1. The van der Waals surface area contributed by atoms with Crippen molar-refractivity contribution in [2.45, 2.75) is 71.2 Å². The lowest BCUT2D eigenvalue weighted by Crippen LogP contribution is -2.51. The van der Waals surface area contributed by atoms with Crippen LogP contribution in [0, 0.1) is 0 Å². The number of ether oxygens (including phenoxy) is 2. The van der Waals surface area contributed by atoms with Crippen LogP contribution in [0.4, 0.5) is 4.79 Å². The van der Waals surface area contributed by atoms with Crippen molar-refractivity contribution >= 4 is 12.1 Å². The van der Waals surface area contributed by atoms with E-state index >= 15 is 0 Å². The molecule has 116 valence electrons. The Morgan fingerprint density at radius 2 is 1.55 bits per heavy atom. The Morgan fingerprint density at radius 3 is 2.00 bits per heavy atom. The third kappa shape index (κ3) is 4.67. The molecule has 0 radical (unpaired) electrons. The summed E-state index contributed by atoms with van der Waals surface area (Å²) in [6, 6.07) is -1.19. The van der Waals surface area contributed by atoms with Crippen molar-refractivity contribution in [2.24, 2.45) is 5.73 Å². The molecule has 1 rings (SSSR count). The summed E-state index contributed by atoms with van der Waals surface area (Å²) in [7, 11) is 0. The molecule has 0 aromatic carbocycles. The Kier molecular flexibility index (Phi) is 4.69. The van der Waals surface area contributed by atoms with Crippen molar-refractivity contribution in [2.75, 3.05) is 6.54 Å². The number of esters is 1. The molecule has 2 N–H and O–H groups in total. The van der Waals surface area contributed by atoms with Crippen LogP contribution in [0.25, 0.3) is 0 Å². The van der Waals surface area contributed by atoms with Gasteiger partial charge in [0.2, 0.25) is 0 Å². The van der Waals surface area contributed by atoms with E-state index in [2.05, 4.69) is 0 Å². The van der Waals surface area contributed by atoms with Gasteiger partial charge in [-0.15, -0.1) is 0 Å². The smallest absolute Gasteiger partial charge is 0.411 e. The summed E-state index contributed by atoms with van der Waals surface area (Å²) in [5.74, 6) is -0.478. The predicted octanol–water partition coefficient (Wildman–Crippen LogP) is 1.66. The molecule has 1 aliphatic heterocycles. The van der Waals surface area contributed by atoms with Crippen molar-refractivity contribution in [1.29, 1.82) is 0 Å². The van der Waals surface area contributed by atoms with Crippen LogP contribution in [-0.4, -0.2) is 46.8 Å². The number of rotatable bonds is 1. The lowest BCUT2D eigenvalue weighted by Gasteiger charge is -2.30. The zero-order valence-electron chi connectivity index (χ0n) is 13.2. The topological polar surface area (TPSA) is 81.9 Å². The highest BCUT2D eigenvalue weighted by molar-refractivity contribution is 5.83. The highest BCUT2D eigenvalue weighted by Crippen LogP contribution is 2.23. The van der Waals surface area contributed by atoms with Gasteiger partial charge in [-0.25, -0.2) is 9.59 Å². The van der Waals surface area contributed by atoms with Gasteiger partial charge in [-0.2, -0.15) is 0 Å². The fourth-order valence-electron chi connectivity index (χ4n) is 2.01. The standard InChI is InChI=1S/C14H26N2O4/c1-13(2,3)19-11(17)10-9(15)7-8-16(10)12(18)20-14(4,5)6/h9-10H,7-8,15H2,1-6H3. The fourth-order valence-corrected chi connectivity index (χ4v) is 2.01. The molecular formula is C14H26N2O4. The normalized spacial score (nSPS) is 23.6. The van der Waals surface area contributed by atoms with Gasteiger partial charge in [-0.1, -0.05) is 0 Å². The van der Waals surface area contributed by atoms with Crippen molar-refractivity contribution < 1.29 is 19.1 Å². The Balaban J connectivity index is 2.81. The van der Waals surface area contributed by atoms with Crippen LogP contribution >= 0.6 is 0 Å². The van der Waals surface area contributed by atoms with Gasteiger partial charge in [0.05, 0.1) is 0 Å². The summed E-state index contributed by atoms with van der Waals surface area (Å²) in [6.45, 7) is 11.1. The molecular weight excluding hydrogens is 260 g/mol. The molecule has 0 saturated carbocycles. The van der Waals surface area contributed by atoms with Gasteiger partial charge in [-0.05, 0) is 48.0 Å². The zero-order chi connectivity index (χ0) is 15.7. The van der Waals surface area contributed by atoms with Crippen LogP contribution in [-0.2, 0) is 14.3 Å². The number of hydrogen-bond donors (Lipinski definition) is 1. The summed E-state index contributed by atoms with van der Waals surface area (Å²) in [5.41, 5.74) is 4.72. The number of hydrogen-bond acceptors (Lipinski definition) is 5. The molecule has 1 fully saturated rings. The first-order valence-corrected chi connectivity index (χ1v) is 6.89. The summed E-state index contributed by atoms with van der Waals surface area (Å²) in [5, 5.41) is 0. The first-order chi connectivity index (χ1) is 8.91. The van der Waals surface area contributed by atoms with Gasteiger partial charge in [0.25, 0.3) is 0 Å². The highest BCUT2D eigenvalue weighted by Gasteiger charge is 2.43. The van der Waals surface area contributed by atoms with Crippen molar-refractivity contribution in [3.8, 4) is 0 Å². The molecule has 2 atom stereocenters. The van der Waals surface area contributed by atoms with Crippen LogP contribution in [0.5, 0.6) is 0 Å². The van der Waals surface area contributed by atoms with Gasteiger partial charge in [0.1, 0.15) is 17.2 Å². The molecule has 1 heterocycles. The van der Waals surface area contributed by atoms with E-state index in [1.807, 2.05) is 0 Å². The number of nitrogens with zero attached hydrogens (tertiary/aromatic N) is 1. The van der Waals surface area contributed by atoms with Gasteiger partial charge in [-0.3, -0.25) is 4.90 Å². The van der Waals surface area contributed by atoms with E-state index in [0.29, 0.717) is 13.0 Å². The molecule has 0 aromatic rings. The molecule has 0 bridgehead atoms. The third-order valence-corrected chi connectivity index (χ3v) is 2.72. The molecule has 2 unspecified atom stereocenters. The number of nitrogens with two attached hydrogens (primary N) is 1. The second kappa shape index (κ2) is 5.60. The van der Waals surface area contributed by atoms with Crippen molar-refractivity contribution in [1.82, 2.24) is 4.90 Å². The first-order valence-electron chi connectivity index (χ1n) is 6.89. The van der Waals surface area contributed by atoms with Crippen LogP contribution in [0.2, 0.25) is 0 Å². The van der Waals surface area contributed by atoms with Gasteiger partial charge in [0, 0.05) is 12.6 Å². The summed E-state index contributed by atoms with van der Waals surface area (Å²) in [6.07, 6.45) is 0.0321. The number of carbonyl (C=O) groups excluding carboxylic acids is 2. The molecule has 6 nitrogen and oxygen atoms in total. The Bertz CT molecular complexity index is 382.